The number of aromatic nitrogens is 1. The third kappa shape index (κ3) is 4.25. The summed E-state index contributed by atoms with van der Waals surface area (Å²) in [5.41, 5.74) is 2.72. The number of nitro groups is 1. The molecule has 27 heavy (non-hydrogen) atoms. The molecule has 0 spiro atoms. The lowest BCUT2D eigenvalue weighted by Crippen LogP contribution is -1.95. The molecule has 3 rings (SSSR count). The van der Waals surface area contributed by atoms with Crippen LogP contribution in [0, 0.1) is 21.4 Å². The summed E-state index contributed by atoms with van der Waals surface area (Å²) >= 11 is 1.31. The minimum Gasteiger partial charge on any atom is -0.497 e. The van der Waals surface area contributed by atoms with E-state index in [4.69, 9.17) is 4.74 Å². The molecule has 0 aliphatic rings. The average Bonchev–Trinajstić information content (AvgIpc) is 2.72. The molecule has 0 aliphatic carbocycles. The van der Waals surface area contributed by atoms with Crippen LogP contribution in [-0.4, -0.2) is 17.0 Å². The molecule has 0 radical (unpaired) electrons. The van der Waals surface area contributed by atoms with Gasteiger partial charge in [0.2, 0.25) is 0 Å². The fourth-order valence-electron chi connectivity index (χ4n) is 2.52. The second-order valence-electron chi connectivity index (χ2n) is 5.56. The van der Waals surface area contributed by atoms with Gasteiger partial charge in [0.05, 0.1) is 23.3 Å². The van der Waals surface area contributed by atoms with Crippen molar-refractivity contribution >= 4 is 17.4 Å². The van der Waals surface area contributed by atoms with Crippen LogP contribution in [0.25, 0.3) is 11.3 Å². The fraction of sp³-hybridized carbons (Fsp3) is 0.100. The molecule has 0 amide bonds. The molecule has 0 atom stereocenters. The standard InChI is InChI=1S/C20H15N3O3S/c1-26-17-9-6-14(7-10-17)18-11-8-15(12-21)20(22-18)27-13-16-4-2-3-5-19(16)23(24)25/h2-11H,13H2,1H3. The number of nitriles is 1. The molecule has 0 fully saturated rings. The first-order chi connectivity index (χ1) is 13.1. The summed E-state index contributed by atoms with van der Waals surface area (Å²) in [7, 11) is 1.60. The van der Waals surface area contributed by atoms with Crippen molar-refractivity contribution in [1.29, 1.82) is 5.26 Å². The Morgan fingerprint density at radius 2 is 1.89 bits per heavy atom. The second-order valence-corrected chi connectivity index (χ2v) is 6.53. The van der Waals surface area contributed by atoms with Crippen molar-refractivity contribution in [3.05, 3.63) is 81.9 Å². The zero-order valence-corrected chi connectivity index (χ0v) is 15.3. The van der Waals surface area contributed by atoms with Crippen molar-refractivity contribution in [2.24, 2.45) is 0 Å². The molecule has 3 aromatic rings. The Labute approximate surface area is 160 Å². The number of para-hydroxylation sites is 1. The van der Waals surface area contributed by atoms with Gasteiger partial charge in [0, 0.05) is 22.9 Å². The number of nitrogens with zero attached hydrogens (tertiary/aromatic N) is 3. The van der Waals surface area contributed by atoms with Crippen LogP contribution >= 0.6 is 11.8 Å². The first-order valence-electron chi connectivity index (χ1n) is 8.03. The molecule has 1 aromatic heterocycles. The second kappa shape index (κ2) is 8.34. The van der Waals surface area contributed by atoms with Gasteiger partial charge in [-0.1, -0.05) is 18.2 Å². The first kappa shape index (κ1) is 18.4. The number of pyridine rings is 1. The molecule has 0 N–H and O–H groups in total. The fourth-order valence-corrected chi connectivity index (χ4v) is 3.48. The molecule has 0 saturated heterocycles. The van der Waals surface area contributed by atoms with E-state index >= 15 is 0 Å². The van der Waals surface area contributed by atoms with Crippen LogP contribution in [0.4, 0.5) is 5.69 Å². The summed E-state index contributed by atoms with van der Waals surface area (Å²) in [6.45, 7) is 0. The van der Waals surface area contributed by atoms with Crippen LogP contribution in [0.15, 0.2) is 65.7 Å². The molecule has 2 aromatic carbocycles. The molecule has 0 unspecified atom stereocenters. The zero-order chi connectivity index (χ0) is 19.2. The number of benzene rings is 2. The van der Waals surface area contributed by atoms with E-state index in [0.717, 1.165) is 17.0 Å². The van der Waals surface area contributed by atoms with Gasteiger partial charge < -0.3 is 4.74 Å². The third-order valence-electron chi connectivity index (χ3n) is 3.92. The van der Waals surface area contributed by atoms with Gasteiger partial charge in [-0.2, -0.15) is 5.26 Å². The first-order valence-corrected chi connectivity index (χ1v) is 9.01. The van der Waals surface area contributed by atoms with Crippen LogP contribution in [0.5, 0.6) is 5.75 Å². The molecule has 134 valence electrons. The number of methoxy groups -OCH3 is 1. The van der Waals surface area contributed by atoms with Gasteiger partial charge in [0.1, 0.15) is 16.8 Å². The lowest BCUT2D eigenvalue weighted by atomic mass is 10.1. The van der Waals surface area contributed by atoms with E-state index in [-0.39, 0.29) is 5.69 Å². The van der Waals surface area contributed by atoms with Crippen molar-refractivity contribution in [2.75, 3.05) is 7.11 Å². The molecule has 1 heterocycles. The number of nitro benzene ring substituents is 1. The van der Waals surface area contributed by atoms with Crippen LogP contribution in [0.2, 0.25) is 0 Å². The van der Waals surface area contributed by atoms with E-state index in [9.17, 15) is 15.4 Å². The molecule has 0 bridgehead atoms. The Balaban J connectivity index is 1.88. The summed E-state index contributed by atoms with van der Waals surface area (Å²) in [6.07, 6.45) is 0. The maximum absolute atomic E-state index is 11.2. The van der Waals surface area contributed by atoms with Crippen molar-refractivity contribution in [3.63, 3.8) is 0 Å². The van der Waals surface area contributed by atoms with Gasteiger partial charge in [0.25, 0.3) is 5.69 Å². The largest absolute Gasteiger partial charge is 0.497 e. The van der Waals surface area contributed by atoms with Crippen LogP contribution in [-0.2, 0) is 5.75 Å². The van der Waals surface area contributed by atoms with E-state index < -0.39 is 4.92 Å². The summed E-state index contributed by atoms with van der Waals surface area (Å²) in [4.78, 5) is 15.4. The highest BCUT2D eigenvalue weighted by atomic mass is 32.2. The molecule has 0 aliphatic heterocycles. The maximum atomic E-state index is 11.2. The predicted molar refractivity (Wildman–Crippen MR) is 104 cm³/mol. The number of ether oxygens (including phenoxy) is 1. The highest BCUT2D eigenvalue weighted by molar-refractivity contribution is 7.98. The lowest BCUT2D eigenvalue weighted by Gasteiger charge is -2.08. The minimum atomic E-state index is -0.400. The van der Waals surface area contributed by atoms with Gasteiger partial charge in [-0.05, 0) is 36.4 Å². The van der Waals surface area contributed by atoms with Crippen molar-refractivity contribution in [2.45, 2.75) is 10.8 Å². The molecular formula is C20H15N3O3S. The quantitative estimate of drug-likeness (QED) is 0.347. The van der Waals surface area contributed by atoms with Gasteiger partial charge in [-0.3, -0.25) is 10.1 Å². The van der Waals surface area contributed by atoms with Gasteiger partial charge >= 0.3 is 0 Å². The monoisotopic (exact) mass is 377 g/mol. The molecule has 7 heteroatoms. The Kier molecular flexibility index (Phi) is 5.69. The van der Waals surface area contributed by atoms with Gasteiger partial charge in [-0.15, -0.1) is 11.8 Å². The molecule has 0 saturated carbocycles. The van der Waals surface area contributed by atoms with E-state index in [0.29, 0.717) is 21.9 Å². The van der Waals surface area contributed by atoms with Crippen molar-refractivity contribution in [1.82, 2.24) is 4.98 Å². The topological polar surface area (TPSA) is 89.0 Å². The number of hydrogen-bond donors (Lipinski definition) is 0. The van der Waals surface area contributed by atoms with E-state index in [1.165, 1.54) is 17.8 Å². The third-order valence-corrected chi connectivity index (χ3v) is 4.96. The normalized spacial score (nSPS) is 10.2. The van der Waals surface area contributed by atoms with Crippen LogP contribution in [0.3, 0.4) is 0 Å². The summed E-state index contributed by atoms with van der Waals surface area (Å²) < 4.78 is 5.16. The smallest absolute Gasteiger partial charge is 0.273 e. The molecular weight excluding hydrogens is 362 g/mol. The highest BCUT2D eigenvalue weighted by Crippen LogP contribution is 2.31. The highest BCUT2D eigenvalue weighted by Gasteiger charge is 2.14. The van der Waals surface area contributed by atoms with E-state index in [1.807, 2.05) is 24.3 Å². The number of thioether (sulfide) groups is 1. The average molecular weight is 377 g/mol. The van der Waals surface area contributed by atoms with Crippen molar-refractivity contribution in [3.8, 4) is 23.1 Å². The van der Waals surface area contributed by atoms with Crippen molar-refractivity contribution < 1.29 is 9.66 Å². The lowest BCUT2D eigenvalue weighted by molar-refractivity contribution is -0.385. The predicted octanol–water partition coefficient (Wildman–Crippen LogP) is 4.83. The summed E-state index contributed by atoms with van der Waals surface area (Å²) in [5, 5.41) is 21.1. The van der Waals surface area contributed by atoms with E-state index in [2.05, 4.69) is 11.1 Å². The van der Waals surface area contributed by atoms with Gasteiger partial charge in [0.15, 0.2) is 0 Å². The Morgan fingerprint density at radius 3 is 2.56 bits per heavy atom. The van der Waals surface area contributed by atoms with Crippen LogP contribution in [0.1, 0.15) is 11.1 Å². The Hall–Kier alpha value is -3.37. The number of hydrogen-bond acceptors (Lipinski definition) is 6. The van der Waals surface area contributed by atoms with Crippen LogP contribution < -0.4 is 4.74 Å². The Bertz CT molecular complexity index is 1010. The van der Waals surface area contributed by atoms with E-state index in [1.54, 1.807) is 37.4 Å². The zero-order valence-electron chi connectivity index (χ0n) is 14.5. The summed E-state index contributed by atoms with van der Waals surface area (Å²) in [5.74, 6) is 1.10. The maximum Gasteiger partial charge on any atom is 0.273 e. The number of rotatable bonds is 6. The molecule has 6 nitrogen and oxygen atoms in total. The SMILES string of the molecule is COc1ccc(-c2ccc(C#N)c(SCc3ccccc3[N+](=O)[O-])n2)cc1. The Morgan fingerprint density at radius 1 is 1.15 bits per heavy atom. The minimum absolute atomic E-state index is 0.0646. The van der Waals surface area contributed by atoms with Gasteiger partial charge in [-0.25, -0.2) is 4.98 Å². The summed E-state index contributed by atoms with van der Waals surface area (Å²) in [6, 6.07) is 19.7.